The average molecular weight is 444 g/mol. The van der Waals surface area contributed by atoms with E-state index in [2.05, 4.69) is 16.3 Å². The summed E-state index contributed by atoms with van der Waals surface area (Å²) in [6.07, 6.45) is 9.98. The Bertz CT molecular complexity index is 778. The number of carbonyl (C=O) groups excluding carboxylic acids is 1. The molecule has 3 aliphatic rings. The lowest BCUT2D eigenvalue weighted by atomic mass is 9.97. The molecular weight excluding hydrogens is 410 g/mol. The molecule has 0 spiro atoms. The summed E-state index contributed by atoms with van der Waals surface area (Å²) >= 11 is 5.61. The maximum atomic E-state index is 12.4. The molecule has 31 heavy (non-hydrogen) atoms. The monoisotopic (exact) mass is 443 g/mol. The number of nitrogens with one attached hydrogen (secondary N) is 1. The van der Waals surface area contributed by atoms with E-state index in [1.165, 1.54) is 25.7 Å². The Morgan fingerprint density at radius 1 is 1.19 bits per heavy atom. The van der Waals surface area contributed by atoms with Crippen LogP contribution in [-0.2, 0) is 4.74 Å². The Hall–Kier alpha value is -2.28. The molecule has 1 aromatic rings. The van der Waals surface area contributed by atoms with Crippen molar-refractivity contribution in [3.05, 3.63) is 42.0 Å². The molecule has 1 atom stereocenters. The zero-order valence-corrected chi connectivity index (χ0v) is 18.9. The number of likely N-dealkylation sites (tertiary alicyclic amines) is 1. The number of allylic oxidation sites excluding steroid dienone is 1. The summed E-state index contributed by atoms with van der Waals surface area (Å²) in [7, 11) is 0. The molecule has 7 heteroatoms. The van der Waals surface area contributed by atoms with Crippen molar-refractivity contribution in [1.82, 2.24) is 15.1 Å². The fourth-order valence-electron chi connectivity index (χ4n) is 4.59. The van der Waals surface area contributed by atoms with Crippen LogP contribution in [0.5, 0.6) is 5.75 Å². The molecule has 0 saturated carbocycles. The Labute approximate surface area is 190 Å². The lowest BCUT2D eigenvalue weighted by Crippen LogP contribution is -2.50. The SMILES string of the molecule is O=C1OC(COc2ccccc2)CN1C1CCN(C(=S)NCCC2=CCCCC2)CC1. The molecule has 0 aromatic heterocycles. The van der Waals surface area contributed by atoms with E-state index < -0.39 is 0 Å². The van der Waals surface area contributed by atoms with Crippen LogP contribution in [0.3, 0.4) is 0 Å². The summed E-state index contributed by atoms with van der Waals surface area (Å²) in [6.45, 7) is 3.62. The van der Waals surface area contributed by atoms with Gasteiger partial charge in [0.25, 0.3) is 0 Å². The minimum absolute atomic E-state index is 0.209. The van der Waals surface area contributed by atoms with Crippen LogP contribution in [0.15, 0.2) is 42.0 Å². The number of piperidine rings is 1. The van der Waals surface area contributed by atoms with Gasteiger partial charge in [-0.05, 0) is 69.3 Å². The van der Waals surface area contributed by atoms with Crippen molar-refractivity contribution < 1.29 is 14.3 Å². The van der Waals surface area contributed by atoms with Crippen LogP contribution < -0.4 is 10.1 Å². The minimum Gasteiger partial charge on any atom is -0.490 e. The lowest BCUT2D eigenvalue weighted by molar-refractivity contribution is 0.0997. The minimum atomic E-state index is -0.221. The van der Waals surface area contributed by atoms with E-state index in [1.807, 2.05) is 35.2 Å². The molecule has 2 heterocycles. The summed E-state index contributed by atoms with van der Waals surface area (Å²) in [5.41, 5.74) is 1.57. The van der Waals surface area contributed by atoms with Gasteiger partial charge in [-0.2, -0.15) is 0 Å². The van der Waals surface area contributed by atoms with Gasteiger partial charge in [-0.25, -0.2) is 4.79 Å². The summed E-state index contributed by atoms with van der Waals surface area (Å²) < 4.78 is 11.3. The molecule has 6 nitrogen and oxygen atoms in total. The number of hydrogen-bond donors (Lipinski definition) is 1. The van der Waals surface area contributed by atoms with E-state index in [4.69, 9.17) is 21.7 Å². The van der Waals surface area contributed by atoms with Crippen LogP contribution in [0.25, 0.3) is 0 Å². The number of cyclic esters (lactones) is 1. The predicted molar refractivity (Wildman–Crippen MR) is 125 cm³/mol. The van der Waals surface area contributed by atoms with Crippen molar-refractivity contribution >= 4 is 23.4 Å². The Morgan fingerprint density at radius 2 is 2.00 bits per heavy atom. The summed E-state index contributed by atoms with van der Waals surface area (Å²) in [6, 6.07) is 9.85. The number of carbonyl (C=O) groups is 1. The third-order valence-electron chi connectivity index (χ3n) is 6.38. The average Bonchev–Trinajstić information content (AvgIpc) is 3.19. The molecule has 2 saturated heterocycles. The summed E-state index contributed by atoms with van der Waals surface area (Å²) in [5.74, 6) is 0.797. The number of ether oxygens (including phenoxy) is 2. The van der Waals surface area contributed by atoms with Gasteiger partial charge in [0.2, 0.25) is 0 Å². The highest BCUT2D eigenvalue weighted by atomic mass is 32.1. The number of benzene rings is 1. The Balaban J connectivity index is 1.16. The van der Waals surface area contributed by atoms with Gasteiger partial charge in [-0.15, -0.1) is 0 Å². The molecule has 1 amide bonds. The molecule has 2 aliphatic heterocycles. The molecule has 0 radical (unpaired) electrons. The molecule has 2 fully saturated rings. The third kappa shape index (κ3) is 6.12. The highest BCUT2D eigenvalue weighted by Gasteiger charge is 2.38. The third-order valence-corrected chi connectivity index (χ3v) is 6.78. The Morgan fingerprint density at radius 3 is 2.74 bits per heavy atom. The van der Waals surface area contributed by atoms with Crippen LogP contribution >= 0.6 is 12.2 Å². The Kier molecular flexibility index (Phi) is 7.67. The number of thiocarbonyl (C=S) groups is 1. The van der Waals surface area contributed by atoms with Gasteiger partial charge in [0.05, 0.1) is 6.54 Å². The number of hydrogen-bond acceptors (Lipinski definition) is 4. The van der Waals surface area contributed by atoms with Crippen LogP contribution in [0.1, 0.15) is 44.9 Å². The highest BCUT2D eigenvalue weighted by Crippen LogP contribution is 2.24. The number of amides is 1. The fraction of sp³-hybridized carbons (Fsp3) is 0.583. The number of nitrogens with zero attached hydrogens (tertiary/aromatic N) is 2. The molecule has 168 valence electrons. The number of para-hydroxylation sites is 1. The summed E-state index contributed by atoms with van der Waals surface area (Å²) in [4.78, 5) is 16.5. The van der Waals surface area contributed by atoms with Crippen molar-refractivity contribution in [2.24, 2.45) is 0 Å². The van der Waals surface area contributed by atoms with E-state index in [1.54, 1.807) is 5.57 Å². The van der Waals surface area contributed by atoms with Gasteiger partial charge < -0.3 is 24.6 Å². The van der Waals surface area contributed by atoms with E-state index in [9.17, 15) is 4.79 Å². The molecule has 1 N–H and O–H groups in total. The molecule has 1 unspecified atom stereocenters. The first kappa shape index (κ1) is 21.9. The van der Waals surface area contributed by atoms with Crippen LogP contribution in [0.2, 0.25) is 0 Å². The van der Waals surface area contributed by atoms with E-state index >= 15 is 0 Å². The molecule has 0 bridgehead atoms. The van der Waals surface area contributed by atoms with Gasteiger partial charge >= 0.3 is 6.09 Å². The van der Waals surface area contributed by atoms with Crippen molar-refractivity contribution in [3.8, 4) is 5.75 Å². The van der Waals surface area contributed by atoms with Crippen molar-refractivity contribution in [2.45, 2.75) is 57.1 Å². The molecule has 1 aromatic carbocycles. The van der Waals surface area contributed by atoms with Crippen molar-refractivity contribution in [1.29, 1.82) is 0 Å². The first-order valence-corrected chi connectivity index (χ1v) is 12.0. The van der Waals surface area contributed by atoms with Crippen molar-refractivity contribution in [2.75, 3.05) is 32.8 Å². The predicted octanol–water partition coefficient (Wildman–Crippen LogP) is 4.12. The van der Waals surface area contributed by atoms with Gasteiger partial charge in [-0.3, -0.25) is 0 Å². The van der Waals surface area contributed by atoms with Crippen LogP contribution in [0, 0.1) is 0 Å². The second kappa shape index (κ2) is 10.8. The molecule has 4 rings (SSSR count). The fourth-order valence-corrected chi connectivity index (χ4v) is 4.87. The zero-order chi connectivity index (χ0) is 21.5. The van der Waals surface area contributed by atoms with Gasteiger partial charge in [-0.1, -0.05) is 29.8 Å². The van der Waals surface area contributed by atoms with Crippen LogP contribution in [0.4, 0.5) is 4.79 Å². The van der Waals surface area contributed by atoms with Gasteiger partial charge in [0.15, 0.2) is 11.2 Å². The quantitative estimate of drug-likeness (QED) is 0.506. The smallest absolute Gasteiger partial charge is 0.410 e. The maximum absolute atomic E-state index is 12.4. The topological polar surface area (TPSA) is 54.0 Å². The number of rotatable bonds is 7. The second-order valence-corrected chi connectivity index (χ2v) is 8.98. The van der Waals surface area contributed by atoms with Crippen molar-refractivity contribution in [3.63, 3.8) is 0 Å². The molecule has 1 aliphatic carbocycles. The van der Waals surface area contributed by atoms with Gasteiger partial charge in [0.1, 0.15) is 12.4 Å². The lowest BCUT2D eigenvalue weighted by Gasteiger charge is -2.37. The standard InChI is InChI=1S/C24H33N3O3S/c28-24-27(17-22(30-24)18-29-21-9-5-2-6-10-21)20-12-15-26(16-13-20)23(31)25-14-11-19-7-3-1-4-8-19/h2,5-7,9-10,20,22H,1,3-4,8,11-18H2,(H,25,31). The molecular formula is C24H33N3O3S. The second-order valence-electron chi connectivity index (χ2n) is 8.59. The largest absolute Gasteiger partial charge is 0.490 e. The normalized spacial score (nSPS) is 22.1. The van der Waals surface area contributed by atoms with E-state index in [-0.39, 0.29) is 18.2 Å². The zero-order valence-electron chi connectivity index (χ0n) is 18.1. The van der Waals surface area contributed by atoms with E-state index in [0.29, 0.717) is 13.2 Å². The van der Waals surface area contributed by atoms with E-state index in [0.717, 1.165) is 49.8 Å². The van der Waals surface area contributed by atoms with Crippen LogP contribution in [-0.4, -0.2) is 65.9 Å². The first-order chi connectivity index (χ1) is 15.2. The first-order valence-electron chi connectivity index (χ1n) is 11.5. The van der Waals surface area contributed by atoms with Gasteiger partial charge in [0, 0.05) is 25.7 Å². The summed E-state index contributed by atoms with van der Waals surface area (Å²) in [5, 5.41) is 4.27. The highest BCUT2D eigenvalue weighted by molar-refractivity contribution is 7.80. The maximum Gasteiger partial charge on any atom is 0.410 e.